The highest BCUT2D eigenvalue weighted by atomic mass is 32.1. The fraction of sp³-hybridized carbons (Fsp3) is 0.200. The average Bonchev–Trinajstić information content (AvgIpc) is 3.33. The van der Waals surface area contributed by atoms with Gasteiger partial charge in [0.2, 0.25) is 0 Å². The standard InChI is InChI=1S/C20H18FN5OS/c1-13(2)26-9-7-17(24-26)19(27)25(12-14-4-3-8-22-11-14)20-23-16-6-5-15(21)10-18(16)28-20/h3-11,13H,12H2,1-2H3. The van der Waals surface area contributed by atoms with Gasteiger partial charge in [-0.2, -0.15) is 5.10 Å². The van der Waals surface area contributed by atoms with Crippen LogP contribution in [0.2, 0.25) is 0 Å². The van der Waals surface area contributed by atoms with E-state index in [1.807, 2.05) is 26.0 Å². The molecule has 0 fully saturated rings. The van der Waals surface area contributed by atoms with E-state index in [1.165, 1.54) is 23.5 Å². The van der Waals surface area contributed by atoms with Gasteiger partial charge in [0.05, 0.1) is 16.8 Å². The Balaban J connectivity index is 1.74. The number of hydrogen-bond acceptors (Lipinski definition) is 5. The molecule has 0 atom stereocenters. The van der Waals surface area contributed by atoms with Crippen molar-refractivity contribution in [2.24, 2.45) is 0 Å². The number of thiazole rings is 1. The lowest BCUT2D eigenvalue weighted by Crippen LogP contribution is -2.31. The molecule has 28 heavy (non-hydrogen) atoms. The maximum atomic E-state index is 13.6. The second-order valence-corrected chi connectivity index (χ2v) is 7.64. The molecule has 3 aromatic heterocycles. The average molecular weight is 395 g/mol. The molecule has 4 rings (SSSR count). The molecule has 0 spiro atoms. The number of carbonyl (C=O) groups excluding carboxylic acids is 1. The summed E-state index contributed by atoms with van der Waals surface area (Å²) in [6.45, 7) is 4.29. The Morgan fingerprint density at radius 2 is 2.14 bits per heavy atom. The molecule has 0 aliphatic rings. The number of nitrogens with zero attached hydrogens (tertiary/aromatic N) is 5. The fourth-order valence-corrected chi connectivity index (χ4v) is 3.77. The molecule has 0 unspecified atom stereocenters. The minimum Gasteiger partial charge on any atom is -0.278 e. The van der Waals surface area contributed by atoms with Crippen LogP contribution in [0.1, 0.15) is 35.9 Å². The molecule has 3 heterocycles. The summed E-state index contributed by atoms with van der Waals surface area (Å²) in [5.74, 6) is -0.591. The molecule has 1 aromatic carbocycles. The Kier molecular flexibility index (Phi) is 4.87. The molecule has 8 heteroatoms. The molecule has 0 saturated carbocycles. The van der Waals surface area contributed by atoms with E-state index in [0.717, 1.165) is 5.56 Å². The smallest absolute Gasteiger partial charge is 0.278 e. The molecule has 0 aliphatic carbocycles. The predicted octanol–water partition coefficient (Wildman–Crippen LogP) is 4.45. The van der Waals surface area contributed by atoms with Gasteiger partial charge in [-0.3, -0.25) is 19.4 Å². The topological polar surface area (TPSA) is 63.9 Å². The maximum Gasteiger partial charge on any atom is 0.280 e. The van der Waals surface area contributed by atoms with Gasteiger partial charge in [-0.1, -0.05) is 17.4 Å². The highest BCUT2D eigenvalue weighted by Crippen LogP contribution is 2.31. The Morgan fingerprint density at radius 1 is 1.29 bits per heavy atom. The third-order valence-electron chi connectivity index (χ3n) is 4.24. The summed E-state index contributed by atoms with van der Waals surface area (Å²) in [5.41, 5.74) is 1.85. The van der Waals surface area contributed by atoms with Crippen LogP contribution in [0.25, 0.3) is 10.2 Å². The molecule has 0 aliphatic heterocycles. The van der Waals surface area contributed by atoms with E-state index in [1.54, 1.807) is 40.3 Å². The molecule has 0 bridgehead atoms. The van der Waals surface area contributed by atoms with Crippen LogP contribution >= 0.6 is 11.3 Å². The van der Waals surface area contributed by atoms with Crippen molar-refractivity contribution in [2.75, 3.05) is 4.90 Å². The number of aromatic nitrogens is 4. The molecule has 0 radical (unpaired) electrons. The predicted molar refractivity (Wildman–Crippen MR) is 107 cm³/mol. The number of rotatable bonds is 5. The van der Waals surface area contributed by atoms with Crippen LogP contribution in [0.5, 0.6) is 0 Å². The zero-order valence-electron chi connectivity index (χ0n) is 15.4. The molecule has 4 aromatic rings. The van der Waals surface area contributed by atoms with Gasteiger partial charge in [0.25, 0.3) is 5.91 Å². The van der Waals surface area contributed by atoms with E-state index >= 15 is 0 Å². The summed E-state index contributed by atoms with van der Waals surface area (Å²) in [7, 11) is 0. The zero-order valence-corrected chi connectivity index (χ0v) is 16.2. The van der Waals surface area contributed by atoms with Crippen molar-refractivity contribution in [1.82, 2.24) is 19.7 Å². The SMILES string of the molecule is CC(C)n1ccc(C(=O)N(Cc2cccnc2)c2nc3ccc(F)cc3s2)n1. The number of carbonyl (C=O) groups is 1. The monoisotopic (exact) mass is 395 g/mol. The van der Waals surface area contributed by atoms with Crippen LogP contribution in [0.3, 0.4) is 0 Å². The first-order valence-electron chi connectivity index (χ1n) is 8.83. The maximum absolute atomic E-state index is 13.6. The quantitative estimate of drug-likeness (QED) is 0.501. The van der Waals surface area contributed by atoms with Gasteiger partial charge in [-0.05, 0) is 49.7 Å². The van der Waals surface area contributed by atoms with E-state index < -0.39 is 0 Å². The first-order valence-corrected chi connectivity index (χ1v) is 9.65. The number of hydrogen-bond donors (Lipinski definition) is 0. The second-order valence-electron chi connectivity index (χ2n) is 6.64. The third kappa shape index (κ3) is 3.63. The van der Waals surface area contributed by atoms with Crippen molar-refractivity contribution in [2.45, 2.75) is 26.4 Å². The highest BCUT2D eigenvalue weighted by molar-refractivity contribution is 7.22. The molecule has 142 valence electrons. The van der Waals surface area contributed by atoms with Gasteiger partial charge in [-0.25, -0.2) is 9.37 Å². The van der Waals surface area contributed by atoms with Crippen molar-refractivity contribution in [3.05, 3.63) is 72.1 Å². The number of pyridine rings is 1. The summed E-state index contributed by atoms with van der Waals surface area (Å²) < 4.78 is 16.0. The molecular weight excluding hydrogens is 377 g/mol. The molecule has 0 N–H and O–H groups in total. The van der Waals surface area contributed by atoms with Gasteiger partial charge in [0.15, 0.2) is 10.8 Å². The first kappa shape index (κ1) is 18.2. The van der Waals surface area contributed by atoms with Crippen molar-refractivity contribution < 1.29 is 9.18 Å². The minimum absolute atomic E-state index is 0.152. The van der Waals surface area contributed by atoms with Crippen LogP contribution in [-0.2, 0) is 6.54 Å². The lowest BCUT2D eigenvalue weighted by atomic mass is 10.2. The van der Waals surface area contributed by atoms with Crippen molar-refractivity contribution in [3.63, 3.8) is 0 Å². The van der Waals surface area contributed by atoms with Gasteiger partial charge < -0.3 is 0 Å². The minimum atomic E-state index is -0.330. The van der Waals surface area contributed by atoms with Crippen LogP contribution in [0, 0.1) is 5.82 Å². The molecular formula is C20H18FN5OS. The van der Waals surface area contributed by atoms with E-state index in [9.17, 15) is 9.18 Å². The van der Waals surface area contributed by atoms with Crippen molar-refractivity contribution in [1.29, 1.82) is 0 Å². The Hall–Kier alpha value is -3.13. The van der Waals surface area contributed by atoms with Crippen LogP contribution < -0.4 is 4.90 Å². The van der Waals surface area contributed by atoms with Crippen LogP contribution in [0.15, 0.2) is 55.0 Å². The number of fused-ring (bicyclic) bond motifs is 1. The lowest BCUT2D eigenvalue weighted by molar-refractivity contribution is 0.0979. The number of halogens is 1. The first-order chi connectivity index (χ1) is 13.5. The lowest BCUT2D eigenvalue weighted by Gasteiger charge is -2.18. The summed E-state index contributed by atoms with van der Waals surface area (Å²) in [6, 6.07) is 9.97. The summed E-state index contributed by atoms with van der Waals surface area (Å²) in [5, 5.41) is 4.89. The highest BCUT2D eigenvalue weighted by Gasteiger charge is 2.24. The second kappa shape index (κ2) is 7.47. The van der Waals surface area contributed by atoms with Crippen molar-refractivity contribution in [3.8, 4) is 0 Å². The molecule has 0 saturated heterocycles. The third-order valence-corrected chi connectivity index (χ3v) is 5.28. The zero-order chi connectivity index (χ0) is 19.7. The fourth-order valence-electron chi connectivity index (χ4n) is 2.78. The largest absolute Gasteiger partial charge is 0.280 e. The normalized spacial score (nSPS) is 11.3. The van der Waals surface area contributed by atoms with E-state index in [0.29, 0.717) is 27.6 Å². The van der Waals surface area contributed by atoms with E-state index in [4.69, 9.17) is 0 Å². The number of benzene rings is 1. The Bertz CT molecular complexity index is 1120. The Morgan fingerprint density at radius 3 is 2.86 bits per heavy atom. The van der Waals surface area contributed by atoms with Gasteiger partial charge in [-0.15, -0.1) is 0 Å². The number of anilines is 1. The molecule has 6 nitrogen and oxygen atoms in total. The van der Waals surface area contributed by atoms with Gasteiger partial charge in [0.1, 0.15) is 5.82 Å². The molecule has 1 amide bonds. The van der Waals surface area contributed by atoms with Crippen molar-refractivity contribution >= 4 is 32.6 Å². The van der Waals surface area contributed by atoms with Gasteiger partial charge in [0, 0.05) is 24.6 Å². The van der Waals surface area contributed by atoms with Crippen LogP contribution in [0.4, 0.5) is 9.52 Å². The van der Waals surface area contributed by atoms with Crippen LogP contribution in [-0.4, -0.2) is 25.7 Å². The van der Waals surface area contributed by atoms with E-state index in [-0.39, 0.29) is 17.8 Å². The summed E-state index contributed by atoms with van der Waals surface area (Å²) in [4.78, 5) is 23.5. The summed E-state index contributed by atoms with van der Waals surface area (Å²) >= 11 is 1.27. The van der Waals surface area contributed by atoms with Gasteiger partial charge >= 0.3 is 0 Å². The van der Waals surface area contributed by atoms with E-state index in [2.05, 4.69) is 15.1 Å². The number of amides is 1. The summed E-state index contributed by atoms with van der Waals surface area (Å²) in [6.07, 6.45) is 5.17. The Labute approximate surface area is 165 Å².